The number of ether oxygens (including phenoxy) is 2. The normalized spacial score (nSPS) is 23.9. The molecular formula is C21H28N4O5. The minimum atomic E-state index is -0.799. The van der Waals surface area contributed by atoms with Gasteiger partial charge in [-0.25, -0.2) is 0 Å². The summed E-state index contributed by atoms with van der Waals surface area (Å²) < 4.78 is 11.5. The minimum Gasteiger partial charge on any atom is -0.353 e. The lowest BCUT2D eigenvalue weighted by molar-refractivity contribution is -0.186. The topological polar surface area (TPSA) is 100 Å². The van der Waals surface area contributed by atoms with Crippen molar-refractivity contribution in [2.24, 2.45) is 0 Å². The van der Waals surface area contributed by atoms with Crippen molar-refractivity contribution in [1.82, 2.24) is 15.1 Å². The molecule has 1 spiro atoms. The molecule has 9 nitrogen and oxygen atoms in total. The Morgan fingerprint density at radius 3 is 2.50 bits per heavy atom. The molecule has 162 valence electrons. The van der Waals surface area contributed by atoms with Crippen LogP contribution in [-0.4, -0.2) is 85.3 Å². The quantitative estimate of drug-likeness (QED) is 0.711. The van der Waals surface area contributed by atoms with Gasteiger partial charge in [-0.2, -0.15) is 0 Å². The second-order valence-corrected chi connectivity index (χ2v) is 7.90. The lowest BCUT2D eigenvalue weighted by Gasteiger charge is -2.39. The van der Waals surface area contributed by atoms with Crippen LogP contribution in [0.2, 0.25) is 0 Å². The molecule has 3 heterocycles. The zero-order chi connectivity index (χ0) is 21.0. The Labute approximate surface area is 175 Å². The molecule has 9 heteroatoms. The Morgan fingerprint density at radius 1 is 1.10 bits per heavy atom. The van der Waals surface area contributed by atoms with Crippen molar-refractivity contribution in [1.29, 1.82) is 0 Å². The molecule has 0 aromatic heterocycles. The number of benzene rings is 1. The second-order valence-electron chi connectivity index (χ2n) is 7.90. The van der Waals surface area contributed by atoms with Gasteiger partial charge in [0, 0.05) is 44.7 Å². The number of piperidine rings is 1. The number of para-hydroxylation sites is 1. The third-order valence-corrected chi connectivity index (χ3v) is 5.88. The van der Waals surface area contributed by atoms with Gasteiger partial charge in [0.05, 0.1) is 26.2 Å². The number of piperazine rings is 1. The highest BCUT2D eigenvalue weighted by Gasteiger charge is 2.41. The summed E-state index contributed by atoms with van der Waals surface area (Å²) in [6.45, 7) is 3.66. The molecule has 0 aliphatic carbocycles. The molecule has 0 radical (unpaired) electrons. The van der Waals surface area contributed by atoms with E-state index in [1.165, 1.54) is 4.90 Å². The van der Waals surface area contributed by atoms with E-state index in [0.717, 1.165) is 12.8 Å². The van der Waals surface area contributed by atoms with Crippen LogP contribution >= 0.6 is 0 Å². The molecule has 3 aliphatic rings. The molecule has 0 saturated carbocycles. The summed E-state index contributed by atoms with van der Waals surface area (Å²) in [6.07, 6.45) is 1.38. The van der Waals surface area contributed by atoms with Gasteiger partial charge in [-0.15, -0.1) is 0 Å². The van der Waals surface area contributed by atoms with E-state index in [-0.39, 0.29) is 30.7 Å². The van der Waals surface area contributed by atoms with Crippen LogP contribution < -0.4 is 10.6 Å². The van der Waals surface area contributed by atoms with Crippen molar-refractivity contribution >= 4 is 23.4 Å². The van der Waals surface area contributed by atoms with Crippen LogP contribution in [0, 0.1) is 0 Å². The van der Waals surface area contributed by atoms with Crippen LogP contribution in [0.5, 0.6) is 0 Å². The lowest BCUT2D eigenvalue weighted by Crippen LogP contribution is -2.60. The number of carbonyl (C=O) groups is 3. The highest BCUT2D eigenvalue weighted by Crippen LogP contribution is 2.31. The summed E-state index contributed by atoms with van der Waals surface area (Å²) >= 11 is 0. The predicted octanol–water partition coefficient (Wildman–Crippen LogP) is 0.181. The Bertz CT molecular complexity index is 771. The van der Waals surface area contributed by atoms with Crippen LogP contribution in [0.15, 0.2) is 30.3 Å². The first kappa shape index (κ1) is 20.8. The average Bonchev–Trinajstić information content (AvgIpc) is 3.20. The number of hydrogen-bond donors (Lipinski definition) is 2. The molecule has 3 saturated heterocycles. The van der Waals surface area contributed by atoms with Gasteiger partial charge in [-0.1, -0.05) is 18.2 Å². The monoisotopic (exact) mass is 416 g/mol. The van der Waals surface area contributed by atoms with E-state index >= 15 is 0 Å². The Morgan fingerprint density at radius 2 is 1.80 bits per heavy atom. The van der Waals surface area contributed by atoms with Gasteiger partial charge in [0.15, 0.2) is 5.79 Å². The molecule has 1 atom stereocenters. The smallest absolute Gasteiger partial charge is 0.243 e. The SMILES string of the molecule is O=C(CC1C(=O)NCCN1C(=O)CN1CCC2(CC1)OCCO2)Nc1ccccc1. The van der Waals surface area contributed by atoms with Crippen molar-refractivity contribution in [2.45, 2.75) is 31.1 Å². The van der Waals surface area contributed by atoms with Crippen LogP contribution in [0.1, 0.15) is 19.3 Å². The van der Waals surface area contributed by atoms with Crippen molar-refractivity contribution < 1.29 is 23.9 Å². The first-order valence-corrected chi connectivity index (χ1v) is 10.5. The van der Waals surface area contributed by atoms with E-state index in [9.17, 15) is 14.4 Å². The number of anilines is 1. The highest BCUT2D eigenvalue weighted by molar-refractivity contribution is 5.97. The molecule has 1 aromatic rings. The maximum absolute atomic E-state index is 13.0. The van der Waals surface area contributed by atoms with Crippen molar-refractivity contribution in [2.75, 3.05) is 51.3 Å². The summed E-state index contributed by atoms with van der Waals surface area (Å²) in [5, 5.41) is 5.55. The van der Waals surface area contributed by atoms with E-state index in [1.54, 1.807) is 12.1 Å². The average molecular weight is 416 g/mol. The van der Waals surface area contributed by atoms with Gasteiger partial charge < -0.3 is 25.0 Å². The number of likely N-dealkylation sites (tertiary alicyclic amines) is 1. The van der Waals surface area contributed by atoms with Gasteiger partial charge in [-0.3, -0.25) is 19.3 Å². The van der Waals surface area contributed by atoms with Crippen molar-refractivity contribution in [3.63, 3.8) is 0 Å². The predicted molar refractivity (Wildman–Crippen MR) is 109 cm³/mol. The molecule has 4 rings (SSSR count). The number of nitrogens with zero attached hydrogens (tertiary/aromatic N) is 2. The maximum Gasteiger partial charge on any atom is 0.243 e. The zero-order valence-corrected chi connectivity index (χ0v) is 17.0. The van der Waals surface area contributed by atoms with Crippen LogP contribution in [0.25, 0.3) is 0 Å². The van der Waals surface area contributed by atoms with Crippen LogP contribution in [0.3, 0.4) is 0 Å². The first-order chi connectivity index (χ1) is 14.5. The fourth-order valence-corrected chi connectivity index (χ4v) is 4.24. The largest absolute Gasteiger partial charge is 0.353 e. The first-order valence-electron chi connectivity index (χ1n) is 10.5. The molecule has 3 amide bonds. The Kier molecular flexibility index (Phi) is 6.31. The van der Waals surface area contributed by atoms with E-state index in [4.69, 9.17) is 9.47 Å². The van der Waals surface area contributed by atoms with Gasteiger partial charge in [-0.05, 0) is 12.1 Å². The van der Waals surface area contributed by atoms with E-state index < -0.39 is 11.8 Å². The number of rotatable bonds is 5. The van der Waals surface area contributed by atoms with Gasteiger partial charge in [0.2, 0.25) is 17.7 Å². The molecule has 0 bridgehead atoms. The molecule has 2 N–H and O–H groups in total. The standard InChI is InChI=1S/C21H28N4O5/c26-18(23-16-4-2-1-3-5-16)14-17-20(28)22-8-11-25(17)19(27)15-24-9-6-21(7-10-24)29-12-13-30-21/h1-5,17H,6-15H2,(H,22,28)(H,23,26). The van der Waals surface area contributed by atoms with Crippen molar-refractivity contribution in [3.05, 3.63) is 30.3 Å². The van der Waals surface area contributed by atoms with E-state index in [2.05, 4.69) is 15.5 Å². The summed E-state index contributed by atoms with van der Waals surface area (Å²) in [5.41, 5.74) is 0.662. The fraction of sp³-hybridized carbons (Fsp3) is 0.571. The zero-order valence-electron chi connectivity index (χ0n) is 17.0. The summed E-state index contributed by atoms with van der Waals surface area (Å²) in [7, 11) is 0. The third-order valence-electron chi connectivity index (χ3n) is 5.88. The molecule has 3 aliphatic heterocycles. The minimum absolute atomic E-state index is 0.0722. The van der Waals surface area contributed by atoms with Gasteiger partial charge in [0.1, 0.15) is 6.04 Å². The molecular weight excluding hydrogens is 388 g/mol. The summed E-state index contributed by atoms with van der Waals surface area (Å²) in [4.78, 5) is 41.5. The number of amides is 3. The van der Waals surface area contributed by atoms with Crippen LogP contribution in [0.4, 0.5) is 5.69 Å². The third kappa shape index (κ3) is 4.80. The maximum atomic E-state index is 13.0. The van der Waals surface area contributed by atoms with E-state index in [1.807, 2.05) is 18.2 Å². The molecule has 30 heavy (non-hydrogen) atoms. The summed E-state index contributed by atoms with van der Waals surface area (Å²) in [6, 6.07) is 8.27. The number of nitrogens with one attached hydrogen (secondary N) is 2. The fourth-order valence-electron chi connectivity index (χ4n) is 4.24. The number of carbonyl (C=O) groups excluding carboxylic acids is 3. The molecule has 1 unspecified atom stereocenters. The second kappa shape index (κ2) is 9.11. The summed E-state index contributed by atoms with van der Waals surface area (Å²) in [5.74, 6) is -1.20. The Balaban J connectivity index is 1.33. The van der Waals surface area contributed by atoms with Crippen LogP contribution in [-0.2, 0) is 23.9 Å². The number of hydrogen-bond acceptors (Lipinski definition) is 6. The van der Waals surface area contributed by atoms with E-state index in [0.29, 0.717) is 45.1 Å². The Hall–Kier alpha value is -2.49. The molecule has 3 fully saturated rings. The van der Waals surface area contributed by atoms with Gasteiger partial charge in [0.25, 0.3) is 0 Å². The van der Waals surface area contributed by atoms with Gasteiger partial charge >= 0.3 is 0 Å². The van der Waals surface area contributed by atoms with Crippen molar-refractivity contribution in [3.8, 4) is 0 Å². The highest BCUT2D eigenvalue weighted by atomic mass is 16.7. The molecule has 1 aromatic carbocycles. The lowest BCUT2D eigenvalue weighted by atomic mass is 10.0.